The third-order valence-corrected chi connectivity index (χ3v) is 13.5. The molecular weight excluding hydrogens is 1200 g/mol. The van der Waals surface area contributed by atoms with Crippen LogP contribution in [0.25, 0.3) is 10.2 Å². The monoisotopic (exact) mass is 1230 g/mol. The number of aromatic carboxylic acids is 1. The summed E-state index contributed by atoms with van der Waals surface area (Å²) in [5, 5.41) is 9.90. The SMILES string of the molecule is FC(F)(F)c1cc([B-](c2cc(C(F)(F)F)cc(C(F)(F)F)c2)(c2cc(C(F)(F)F)cc(C(F)(F)F)c2)c2cc(C(F)(F)F)cc(C(F)(F)F)c2)cc(C(F)(F)F)c1.O=C(O)c1cccc(Oc2sc3ccccc3[n+]2Cc2ccccc2)c1. The Labute approximate surface area is 453 Å². The Hall–Kier alpha value is -7.92. The van der Waals surface area contributed by atoms with E-state index in [0.717, 1.165) is 15.4 Å². The Morgan fingerprint density at radius 2 is 0.711 bits per heavy atom. The van der Waals surface area contributed by atoms with E-state index < -0.39 is 201 Å². The van der Waals surface area contributed by atoms with Crippen LogP contribution in [0, 0.1) is 0 Å². The molecule has 0 atom stereocenters. The first-order valence-electron chi connectivity index (χ1n) is 22.8. The second kappa shape index (κ2) is 22.0. The summed E-state index contributed by atoms with van der Waals surface area (Å²) in [6.45, 7) is 0.679. The highest BCUT2D eigenvalue weighted by atomic mass is 32.1. The van der Waals surface area contributed by atoms with Crippen LogP contribution in [0.2, 0.25) is 0 Å². The van der Waals surface area contributed by atoms with Gasteiger partial charge < -0.3 is 9.84 Å². The average molecular weight is 1230 g/mol. The molecule has 0 saturated heterocycles. The van der Waals surface area contributed by atoms with Crippen LogP contribution in [0.15, 0.2) is 152 Å². The molecule has 0 spiro atoms. The number of ether oxygens (including phenoxy) is 1. The van der Waals surface area contributed by atoms with Crippen molar-refractivity contribution < 1.29 is 125 Å². The standard InChI is InChI=1S/C32H12BF24.C21H15NO3S/c34-25(35,36)13-1-14(26(37,38)39)6-21(5-13)33(22-7-15(27(40,41)42)2-16(8-22)28(43,44)45,23-9-17(29(46,47)48)3-18(10-23)30(49,50)51)24-11-19(31(52,53)54)4-20(12-24)32(55,56)57;23-20(24)16-9-6-10-17(13-16)25-21-22(14-15-7-2-1-3-8-15)18-11-4-5-12-19(18)26-21/h1-12H;1-13H,14H2/q-1;/p+1. The first-order valence-corrected chi connectivity index (χ1v) is 23.6. The summed E-state index contributed by atoms with van der Waals surface area (Å²) >= 11 is 1.55. The van der Waals surface area contributed by atoms with Crippen LogP contribution in [0.5, 0.6) is 10.9 Å². The van der Waals surface area contributed by atoms with Crippen molar-refractivity contribution in [1.82, 2.24) is 0 Å². The summed E-state index contributed by atoms with van der Waals surface area (Å²) in [5.74, 6) is -0.456. The Morgan fingerprint density at radius 3 is 1.02 bits per heavy atom. The second-order valence-electron chi connectivity index (χ2n) is 18.1. The van der Waals surface area contributed by atoms with Gasteiger partial charge in [-0.25, -0.2) is 4.79 Å². The first-order chi connectivity index (χ1) is 38.0. The Kier molecular flexibility index (Phi) is 16.6. The lowest BCUT2D eigenvalue weighted by Crippen LogP contribution is -2.75. The van der Waals surface area contributed by atoms with Gasteiger partial charge in [-0.15, -0.1) is 4.57 Å². The van der Waals surface area contributed by atoms with Gasteiger partial charge in [-0.3, -0.25) is 0 Å². The number of thiazole rings is 1. The number of fused-ring (bicyclic) bond motifs is 1. The highest BCUT2D eigenvalue weighted by molar-refractivity contribution is 7.20. The zero-order chi connectivity index (χ0) is 61.8. The van der Waals surface area contributed by atoms with E-state index in [1.165, 1.54) is 5.56 Å². The smallest absolute Gasteiger partial charge is 0.437 e. The van der Waals surface area contributed by atoms with Crippen molar-refractivity contribution >= 4 is 55.5 Å². The summed E-state index contributed by atoms with van der Waals surface area (Å²) in [4.78, 5) is 11.2. The second-order valence-corrected chi connectivity index (χ2v) is 19.1. The molecule has 0 aliphatic rings. The highest BCUT2D eigenvalue weighted by Crippen LogP contribution is 2.42. The lowest BCUT2D eigenvalue weighted by atomic mass is 9.12. The van der Waals surface area contributed by atoms with Gasteiger partial charge in [0, 0.05) is 11.6 Å². The van der Waals surface area contributed by atoms with E-state index in [0.29, 0.717) is 12.3 Å². The predicted molar refractivity (Wildman–Crippen MR) is 251 cm³/mol. The Bertz CT molecular complexity index is 3250. The minimum atomic E-state index is -6.13. The Balaban J connectivity index is 0.000000313. The van der Waals surface area contributed by atoms with Crippen LogP contribution >= 0.6 is 11.3 Å². The number of hydrogen-bond acceptors (Lipinski definition) is 3. The molecule has 440 valence electrons. The van der Waals surface area contributed by atoms with E-state index in [1.807, 2.05) is 30.3 Å². The molecule has 8 aromatic rings. The zero-order valence-corrected chi connectivity index (χ0v) is 41.2. The highest BCUT2D eigenvalue weighted by Gasteiger charge is 2.47. The maximum absolute atomic E-state index is 14.2. The fourth-order valence-corrected chi connectivity index (χ4v) is 9.90. The lowest BCUT2D eigenvalue weighted by molar-refractivity contribution is -0.662. The van der Waals surface area contributed by atoms with Crippen molar-refractivity contribution in [1.29, 1.82) is 0 Å². The fraction of sp³-hybridized carbons (Fsp3) is 0.170. The van der Waals surface area contributed by atoms with Crippen LogP contribution in [-0.2, 0) is 56.0 Å². The van der Waals surface area contributed by atoms with Gasteiger partial charge in [0.1, 0.15) is 16.6 Å². The topological polar surface area (TPSA) is 50.4 Å². The number of benzene rings is 7. The molecule has 0 unspecified atom stereocenters. The number of aromatic nitrogens is 1. The third-order valence-electron chi connectivity index (χ3n) is 12.5. The van der Waals surface area contributed by atoms with Crippen molar-refractivity contribution in [3.8, 4) is 10.9 Å². The van der Waals surface area contributed by atoms with Crippen molar-refractivity contribution in [2.75, 3.05) is 0 Å². The van der Waals surface area contributed by atoms with E-state index in [1.54, 1.807) is 35.6 Å². The molecule has 0 fully saturated rings. The molecular formula is C53H28BF24NO3S. The van der Waals surface area contributed by atoms with E-state index in [9.17, 15) is 115 Å². The molecule has 8 rings (SSSR count). The van der Waals surface area contributed by atoms with Gasteiger partial charge in [0.25, 0.3) is 0 Å². The molecule has 0 bridgehead atoms. The zero-order valence-electron chi connectivity index (χ0n) is 40.4. The van der Waals surface area contributed by atoms with E-state index in [2.05, 4.69) is 28.8 Å². The number of halogens is 24. The van der Waals surface area contributed by atoms with Crippen LogP contribution in [0.3, 0.4) is 0 Å². The largest absolute Gasteiger partial charge is 0.478 e. The van der Waals surface area contributed by atoms with E-state index in [-0.39, 0.29) is 5.56 Å². The number of hydrogen-bond donors (Lipinski definition) is 1. The molecule has 1 heterocycles. The molecule has 0 aliphatic heterocycles. The maximum Gasteiger partial charge on any atom is 0.437 e. The molecule has 4 nitrogen and oxygen atoms in total. The number of carboxylic acid groups (broad SMARTS) is 1. The van der Waals surface area contributed by atoms with Gasteiger partial charge >= 0.3 is 60.6 Å². The molecule has 0 amide bonds. The summed E-state index contributed by atoms with van der Waals surface area (Å²) in [7, 11) is 0. The number of nitrogens with zero attached hydrogens (tertiary/aromatic N) is 1. The molecule has 0 aliphatic carbocycles. The van der Waals surface area contributed by atoms with Crippen LogP contribution < -0.4 is 31.2 Å². The normalized spacial score (nSPS) is 13.2. The molecule has 7 aromatic carbocycles. The molecule has 30 heteroatoms. The van der Waals surface area contributed by atoms with Gasteiger partial charge in [0.05, 0.1) is 50.1 Å². The summed E-state index contributed by atoms with van der Waals surface area (Å²) in [6.07, 6.45) is -54.8. The molecule has 0 saturated carbocycles. The minimum Gasteiger partial charge on any atom is -0.478 e. The summed E-state index contributed by atoms with van der Waals surface area (Å²) < 4.78 is 350. The summed E-state index contributed by atoms with van der Waals surface area (Å²) in [6, 6.07) is 16.0. The van der Waals surface area contributed by atoms with Crippen molar-refractivity contribution in [3.05, 3.63) is 207 Å². The lowest BCUT2D eigenvalue weighted by Gasteiger charge is -2.46. The minimum absolute atomic E-state index is 0.207. The van der Waals surface area contributed by atoms with Gasteiger partial charge in [0.2, 0.25) is 5.52 Å². The van der Waals surface area contributed by atoms with Crippen LogP contribution in [0.4, 0.5) is 105 Å². The third kappa shape index (κ3) is 14.1. The van der Waals surface area contributed by atoms with Gasteiger partial charge in [-0.1, -0.05) is 97.1 Å². The number of para-hydroxylation sites is 1. The Morgan fingerprint density at radius 1 is 0.398 bits per heavy atom. The fourth-order valence-electron chi connectivity index (χ4n) is 8.87. The maximum atomic E-state index is 14.2. The van der Waals surface area contributed by atoms with Crippen molar-refractivity contribution in [3.63, 3.8) is 0 Å². The predicted octanol–water partition coefficient (Wildman–Crippen LogP) is 15.9. The van der Waals surface area contributed by atoms with Crippen LogP contribution in [-0.4, -0.2) is 17.2 Å². The van der Waals surface area contributed by atoms with Crippen molar-refractivity contribution in [2.45, 2.75) is 56.0 Å². The number of carbonyl (C=O) groups is 1. The van der Waals surface area contributed by atoms with Gasteiger partial charge in [0.15, 0.2) is 6.54 Å². The molecule has 83 heavy (non-hydrogen) atoms. The molecule has 0 radical (unpaired) electrons. The quantitative estimate of drug-likeness (QED) is 0.0890. The van der Waals surface area contributed by atoms with E-state index >= 15 is 0 Å². The molecule has 1 N–H and O–H groups in total. The van der Waals surface area contributed by atoms with E-state index in [4.69, 9.17) is 4.74 Å². The number of alkyl halides is 24. The molecule has 1 aromatic heterocycles. The number of rotatable bonds is 9. The summed E-state index contributed by atoms with van der Waals surface area (Å²) in [5.41, 5.74) is -27.7. The van der Waals surface area contributed by atoms with Gasteiger partial charge in [-0.05, 0) is 59.9 Å². The number of carboxylic acids is 1. The van der Waals surface area contributed by atoms with Crippen LogP contribution in [0.1, 0.15) is 60.4 Å². The van der Waals surface area contributed by atoms with Crippen molar-refractivity contribution in [2.24, 2.45) is 0 Å². The first kappa shape index (κ1) is 62.7. The van der Waals surface area contributed by atoms with Gasteiger partial charge in [-0.2, -0.15) is 127 Å². The average Bonchev–Trinajstić information content (AvgIpc) is 3.81.